The van der Waals surface area contributed by atoms with Crippen LogP contribution in [0.4, 0.5) is 0 Å². The molecule has 0 bridgehead atoms. The van der Waals surface area contributed by atoms with E-state index in [1.54, 1.807) is 7.05 Å². The molecule has 0 radical (unpaired) electrons. The predicted octanol–water partition coefficient (Wildman–Crippen LogP) is 4.70. The van der Waals surface area contributed by atoms with E-state index in [0.29, 0.717) is 53.8 Å². The van der Waals surface area contributed by atoms with Gasteiger partial charge in [-0.05, 0) is 49.2 Å². The van der Waals surface area contributed by atoms with Gasteiger partial charge in [0.25, 0.3) is 5.91 Å². The van der Waals surface area contributed by atoms with Crippen LogP contribution in [0.3, 0.4) is 0 Å². The molecule has 1 fully saturated rings. The van der Waals surface area contributed by atoms with Crippen LogP contribution in [0.25, 0.3) is 6.08 Å². The highest BCUT2D eigenvalue weighted by atomic mass is 32.2. The number of amides is 1. The van der Waals surface area contributed by atoms with E-state index in [0.717, 1.165) is 16.9 Å². The molecule has 1 aliphatic rings. The summed E-state index contributed by atoms with van der Waals surface area (Å²) in [5.41, 5.74) is 1.95. The average molecular weight is 474 g/mol. The molecule has 1 heterocycles. The molecule has 6 nitrogen and oxygen atoms in total. The molecular formula is C24H27NO5S2. The largest absolute Gasteiger partial charge is 0.491 e. The van der Waals surface area contributed by atoms with Gasteiger partial charge in [-0.1, -0.05) is 48.2 Å². The van der Waals surface area contributed by atoms with Gasteiger partial charge in [-0.2, -0.15) is 0 Å². The molecule has 0 aromatic heterocycles. The first-order chi connectivity index (χ1) is 15.5. The van der Waals surface area contributed by atoms with Crippen molar-refractivity contribution in [2.24, 2.45) is 0 Å². The number of thiocarbonyl (C=S) groups is 1. The number of likely N-dealkylation sites (N-methyl/N-ethyl adjacent to an activating group) is 1. The zero-order valence-electron chi connectivity index (χ0n) is 18.5. The minimum Gasteiger partial charge on any atom is -0.491 e. The number of hydrogen-bond acceptors (Lipinski definition) is 7. The number of ether oxygens (including phenoxy) is 4. The Hall–Kier alpha value is -2.55. The van der Waals surface area contributed by atoms with Gasteiger partial charge in [0, 0.05) is 7.05 Å². The number of rotatable bonds is 11. The second-order valence-electron chi connectivity index (χ2n) is 6.95. The Morgan fingerprint density at radius 2 is 1.69 bits per heavy atom. The molecule has 1 amide bonds. The topological polar surface area (TPSA) is 57.2 Å². The number of carbonyl (C=O) groups excluding carboxylic acids is 1. The summed E-state index contributed by atoms with van der Waals surface area (Å²) in [4.78, 5) is 14.3. The molecular weight excluding hydrogens is 446 g/mol. The quantitative estimate of drug-likeness (QED) is 0.266. The number of carbonyl (C=O) groups is 1. The van der Waals surface area contributed by atoms with Gasteiger partial charge in [0.2, 0.25) is 0 Å². The van der Waals surface area contributed by atoms with Crippen LogP contribution in [-0.4, -0.2) is 55.2 Å². The zero-order chi connectivity index (χ0) is 22.9. The van der Waals surface area contributed by atoms with E-state index in [9.17, 15) is 4.79 Å². The SMILES string of the molecule is CCOc1cc(/C=C2\SC(=S)N(C)C2=O)ccc1OCCOCCOc1ccccc1C. The van der Waals surface area contributed by atoms with E-state index in [2.05, 4.69) is 0 Å². The summed E-state index contributed by atoms with van der Waals surface area (Å²) in [5, 5.41) is 0. The summed E-state index contributed by atoms with van der Waals surface area (Å²) in [6.45, 7) is 6.21. The monoisotopic (exact) mass is 473 g/mol. The molecule has 8 heteroatoms. The maximum atomic E-state index is 12.2. The van der Waals surface area contributed by atoms with Crippen molar-refractivity contribution in [3.05, 3.63) is 58.5 Å². The van der Waals surface area contributed by atoms with Gasteiger partial charge in [0.05, 0.1) is 24.7 Å². The van der Waals surface area contributed by atoms with E-state index >= 15 is 0 Å². The molecule has 0 aliphatic carbocycles. The third-order valence-electron chi connectivity index (χ3n) is 4.62. The maximum Gasteiger partial charge on any atom is 0.265 e. The van der Waals surface area contributed by atoms with Crippen LogP contribution in [0.5, 0.6) is 17.2 Å². The van der Waals surface area contributed by atoms with Crippen molar-refractivity contribution in [3.8, 4) is 17.2 Å². The van der Waals surface area contributed by atoms with Crippen LogP contribution in [0.2, 0.25) is 0 Å². The molecule has 0 unspecified atom stereocenters. The normalized spacial score (nSPS) is 14.8. The molecule has 2 aromatic rings. The molecule has 0 saturated carbocycles. The van der Waals surface area contributed by atoms with Gasteiger partial charge in [0.1, 0.15) is 23.3 Å². The van der Waals surface area contributed by atoms with Crippen molar-refractivity contribution in [2.45, 2.75) is 13.8 Å². The number of thioether (sulfide) groups is 1. The van der Waals surface area contributed by atoms with Gasteiger partial charge in [0.15, 0.2) is 11.5 Å². The summed E-state index contributed by atoms with van der Waals surface area (Å²) >= 11 is 6.47. The van der Waals surface area contributed by atoms with Crippen LogP contribution in [0, 0.1) is 6.92 Å². The van der Waals surface area contributed by atoms with E-state index in [1.807, 2.05) is 62.4 Å². The first kappa shape index (κ1) is 24.1. The second kappa shape index (κ2) is 11.9. The van der Waals surface area contributed by atoms with Crippen molar-refractivity contribution < 1.29 is 23.7 Å². The lowest BCUT2D eigenvalue weighted by Gasteiger charge is -2.13. The van der Waals surface area contributed by atoms with Gasteiger partial charge < -0.3 is 18.9 Å². The fourth-order valence-electron chi connectivity index (χ4n) is 2.94. The lowest BCUT2D eigenvalue weighted by atomic mass is 10.2. The van der Waals surface area contributed by atoms with Crippen LogP contribution in [-0.2, 0) is 9.53 Å². The van der Waals surface area contributed by atoms with Crippen molar-refractivity contribution in [2.75, 3.05) is 40.1 Å². The van der Waals surface area contributed by atoms with Crippen molar-refractivity contribution in [1.29, 1.82) is 0 Å². The smallest absolute Gasteiger partial charge is 0.265 e. The van der Waals surface area contributed by atoms with Crippen LogP contribution in [0.1, 0.15) is 18.1 Å². The summed E-state index contributed by atoms with van der Waals surface area (Å²) < 4.78 is 23.4. The van der Waals surface area contributed by atoms with E-state index in [1.165, 1.54) is 16.7 Å². The molecule has 3 rings (SSSR count). The minimum absolute atomic E-state index is 0.0955. The zero-order valence-corrected chi connectivity index (χ0v) is 20.1. The third-order valence-corrected chi connectivity index (χ3v) is 6.10. The number of benzene rings is 2. The Labute approximate surface area is 198 Å². The third kappa shape index (κ3) is 6.48. The fraction of sp³-hybridized carbons (Fsp3) is 0.333. The van der Waals surface area contributed by atoms with E-state index in [4.69, 9.17) is 31.2 Å². The van der Waals surface area contributed by atoms with Crippen LogP contribution >= 0.6 is 24.0 Å². The first-order valence-corrected chi connectivity index (χ1v) is 11.6. The molecule has 170 valence electrons. The Kier molecular flexibility index (Phi) is 8.96. The average Bonchev–Trinajstić information content (AvgIpc) is 3.02. The molecule has 2 aromatic carbocycles. The summed E-state index contributed by atoms with van der Waals surface area (Å²) in [7, 11) is 1.68. The summed E-state index contributed by atoms with van der Waals surface area (Å²) in [5.74, 6) is 2.03. The molecule has 0 atom stereocenters. The second-order valence-corrected chi connectivity index (χ2v) is 8.63. The minimum atomic E-state index is -0.0955. The number of hydrogen-bond donors (Lipinski definition) is 0. The Bertz CT molecular complexity index is 992. The number of nitrogens with zero attached hydrogens (tertiary/aromatic N) is 1. The summed E-state index contributed by atoms with van der Waals surface area (Å²) in [6, 6.07) is 13.5. The highest BCUT2D eigenvalue weighted by molar-refractivity contribution is 8.26. The van der Waals surface area contributed by atoms with Gasteiger partial charge in [-0.3, -0.25) is 9.69 Å². The summed E-state index contributed by atoms with van der Waals surface area (Å²) in [6.07, 6.45) is 1.81. The Morgan fingerprint density at radius 3 is 2.34 bits per heavy atom. The van der Waals surface area contributed by atoms with Crippen LogP contribution < -0.4 is 14.2 Å². The van der Waals surface area contributed by atoms with E-state index in [-0.39, 0.29) is 5.91 Å². The van der Waals surface area contributed by atoms with E-state index < -0.39 is 0 Å². The first-order valence-electron chi connectivity index (χ1n) is 10.4. The highest BCUT2D eigenvalue weighted by Gasteiger charge is 2.28. The standard InChI is InChI=1S/C24H27NO5S2/c1-4-28-21-15-18(16-22-23(26)25(3)24(31)32-22)9-10-20(21)30-14-12-27-11-13-29-19-8-6-5-7-17(19)2/h5-10,15-16H,4,11-14H2,1-3H3/b22-16-. The van der Waals surface area contributed by atoms with Crippen LogP contribution in [0.15, 0.2) is 47.4 Å². The molecule has 32 heavy (non-hydrogen) atoms. The fourth-order valence-corrected chi connectivity index (χ4v) is 4.12. The Morgan fingerprint density at radius 1 is 0.969 bits per heavy atom. The highest BCUT2D eigenvalue weighted by Crippen LogP contribution is 2.34. The van der Waals surface area contributed by atoms with Crippen molar-refractivity contribution >= 4 is 40.3 Å². The van der Waals surface area contributed by atoms with Gasteiger partial charge in [-0.25, -0.2) is 0 Å². The molecule has 0 N–H and O–H groups in total. The molecule has 1 saturated heterocycles. The lowest BCUT2D eigenvalue weighted by Crippen LogP contribution is -2.22. The van der Waals surface area contributed by atoms with Gasteiger partial charge in [-0.15, -0.1) is 0 Å². The number of aryl methyl sites for hydroxylation is 1. The predicted molar refractivity (Wildman–Crippen MR) is 132 cm³/mol. The van der Waals surface area contributed by atoms with Crippen molar-refractivity contribution in [1.82, 2.24) is 4.90 Å². The van der Waals surface area contributed by atoms with Gasteiger partial charge >= 0.3 is 0 Å². The molecule has 0 spiro atoms. The maximum absolute atomic E-state index is 12.2. The molecule has 1 aliphatic heterocycles. The number of para-hydroxylation sites is 1. The van der Waals surface area contributed by atoms with Crippen molar-refractivity contribution in [3.63, 3.8) is 0 Å². The Balaban J connectivity index is 1.48. The lowest BCUT2D eigenvalue weighted by molar-refractivity contribution is -0.121.